The zero-order chi connectivity index (χ0) is 30.9. The fraction of sp³-hybridized carbons (Fsp3) is 0.462. The highest BCUT2D eigenvalue weighted by atomic mass is 35.6. The number of methoxy groups -OCH3 is 1. The second-order valence-electron chi connectivity index (χ2n) is 9.62. The molecule has 0 saturated carbocycles. The molecule has 2 saturated heterocycles. The van der Waals surface area contributed by atoms with Crippen LogP contribution in [0.2, 0.25) is 0 Å². The van der Waals surface area contributed by atoms with Gasteiger partial charge in [0.1, 0.15) is 29.8 Å². The lowest BCUT2D eigenvalue weighted by atomic mass is 9.78. The summed E-state index contributed by atoms with van der Waals surface area (Å²) in [6.45, 7) is 0.740. The second kappa shape index (κ2) is 12.9. The van der Waals surface area contributed by atoms with Crippen LogP contribution >= 0.6 is 69.7 Å². The van der Waals surface area contributed by atoms with Crippen molar-refractivity contribution in [3.63, 3.8) is 0 Å². The zero-order valence-electron chi connectivity index (χ0n) is 22.7. The highest BCUT2D eigenvalue weighted by Gasteiger charge is 2.72. The molecule has 2 fully saturated rings. The minimum atomic E-state index is -1.94. The van der Waals surface area contributed by atoms with Gasteiger partial charge in [0.05, 0.1) is 17.4 Å². The van der Waals surface area contributed by atoms with E-state index in [0.717, 1.165) is 0 Å². The van der Waals surface area contributed by atoms with Crippen molar-refractivity contribution in [2.24, 2.45) is 11.1 Å². The normalized spacial score (nSPS) is 25.2. The summed E-state index contributed by atoms with van der Waals surface area (Å²) in [6, 6.07) is 10.5. The van der Waals surface area contributed by atoms with Crippen LogP contribution in [0.1, 0.15) is 18.9 Å². The van der Waals surface area contributed by atoms with Crippen LogP contribution in [0, 0.1) is 5.41 Å². The first kappa shape index (κ1) is 32.9. The van der Waals surface area contributed by atoms with E-state index in [1.165, 1.54) is 58.7 Å². The first-order valence-electron chi connectivity index (χ1n) is 12.4. The molecule has 0 radical (unpaired) electrons. The summed E-state index contributed by atoms with van der Waals surface area (Å²) in [5.41, 5.74) is 4.36. The molecule has 42 heavy (non-hydrogen) atoms. The predicted octanol–water partition coefficient (Wildman–Crippen LogP) is 5.04. The lowest BCUT2D eigenvalue weighted by molar-refractivity contribution is -0.167. The quantitative estimate of drug-likeness (QED) is 0.157. The van der Waals surface area contributed by atoms with Crippen LogP contribution in [0.25, 0.3) is 0 Å². The number of carbonyl (C=O) groups excluding carboxylic acids is 4. The van der Waals surface area contributed by atoms with Crippen LogP contribution in [0.15, 0.2) is 41.8 Å². The van der Waals surface area contributed by atoms with Crippen molar-refractivity contribution >= 4 is 98.5 Å². The molecule has 2 aliphatic rings. The average molecular weight is 697 g/mol. The van der Waals surface area contributed by atoms with Gasteiger partial charge in [-0.05, 0) is 41.5 Å². The number of esters is 1. The van der Waals surface area contributed by atoms with Crippen molar-refractivity contribution in [2.75, 3.05) is 31.4 Å². The number of β-lactam (4-membered cyclic amide) rings is 1. The molecule has 2 aliphatic heterocycles. The van der Waals surface area contributed by atoms with E-state index in [9.17, 15) is 19.2 Å². The minimum absolute atomic E-state index is 0.110. The Morgan fingerprint density at radius 1 is 1.19 bits per heavy atom. The molecule has 2 aromatic rings. The van der Waals surface area contributed by atoms with Crippen LogP contribution in [-0.2, 0) is 30.5 Å². The lowest BCUT2D eigenvalue weighted by Gasteiger charge is -2.63. The monoisotopic (exact) mass is 695 g/mol. The first-order valence-corrected chi connectivity index (χ1v) is 16.6. The molecule has 10 nitrogen and oxygen atoms in total. The van der Waals surface area contributed by atoms with E-state index >= 15 is 0 Å². The number of halogens is 3. The largest absolute Gasteiger partial charge is 0.497 e. The molecule has 0 spiro atoms. The average Bonchev–Trinajstić information content (AvgIpc) is 3.46. The Morgan fingerprint density at radius 3 is 2.40 bits per heavy atom. The number of alkyl halides is 3. The van der Waals surface area contributed by atoms with E-state index in [0.29, 0.717) is 16.3 Å². The molecule has 3 amide bonds. The number of primary amides is 1. The van der Waals surface area contributed by atoms with Gasteiger partial charge in [0.2, 0.25) is 10.8 Å². The Hall–Kier alpha value is -2.03. The van der Waals surface area contributed by atoms with Gasteiger partial charge in [0.15, 0.2) is 3.79 Å². The van der Waals surface area contributed by atoms with Gasteiger partial charge in [0.25, 0.3) is 5.91 Å². The number of fused-ring (bicyclic) bond motifs is 1. The van der Waals surface area contributed by atoms with Crippen molar-refractivity contribution in [2.45, 2.75) is 39.2 Å². The molecule has 16 heteroatoms. The Bertz CT molecular complexity index is 1330. The standard InChI is InChI=1S/C26H28Cl3N3O7S3/c1-15(33)32(19-5-4-10-41-19)26(40-3)20(34)31-14-24(13-25(27,28)29,18(42-21(26)31)12-39-23(30)36)22(35)38-11-16-6-8-17(37-2)9-7-16/h4-10,18,21H,11-14H2,1-3H3,(H2,30,36)/t18?,21-,24?,26?/m1/s1. The van der Waals surface area contributed by atoms with Gasteiger partial charge in [-0.2, -0.15) is 0 Å². The number of rotatable bonds is 10. The number of hydrogen-bond acceptors (Lipinski definition) is 10. The summed E-state index contributed by atoms with van der Waals surface area (Å²) >= 11 is 22.5. The summed E-state index contributed by atoms with van der Waals surface area (Å²) in [5, 5.41) is 0.905. The lowest BCUT2D eigenvalue weighted by Crippen LogP contribution is -2.82. The smallest absolute Gasteiger partial charge is 0.404 e. The van der Waals surface area contributed by atoms with Crippen LogP contribution in [0.4, 0.5) is 9.80 Å². The first-order chi connectivity index (χ1) is 19.8. The number of carbonyl (C=O) groups is 4. The van der Waals surface area contributed by atoms with E-state index in [4.69, 9.17) is 54.7 Å². The predicted molar refractivity (Wildman–Crippen MR) is 166 cm³/mol. The Morgan fingerprint density at radius 2 is 1.88 bits per heavy atom. The van der Waals surface area contributed by atoms with Gasteiger partial charge in [-0.25, -0.2) is 4.79 Å². The van der Waals surface area contributed by atoms with E-state index in [1.807, 2.05) is 5.38 Å². The Labute approximate surface area is 270 Å². The van der Waals surface area contributed by atoms with Gasteiger partial charge < -0.3 is 24.8 Å². The summed E-state index contributed by atoms with van der Waals surface area (Å²) in [7, 11) is 1.54. The molecule has 0 bridgehead atoms. The third-order valence-electron chi connectivity index (χ3n) is 7.06. The summed E-state index contributed by atoms with van der Waals surface area (Å²) in [6.07, 6.45) is 0.327. The van der Waals surface area contributed by atoms with Crippen LogP contribution < -0.4 is 15.4 Å². The molecule has 0 aliphatic carbocycles. The van der Waals surface area contributed by atoms with Crippen molar-refractivity contribution < 1.29 is 33.4 Å². The van der Waals surface area contributed by atoms with Crippen LogP contribution in [0.3, 0.4) is 0 Å². The molecule has 3 heterocycles. The van der Waals surface area contributed by atoms with Gasteiger partial charge in [-0.15, -0.1) is 34.9 Å². The number of ether oxygens (including phenoxy) is 3. The molecule has 228 valence electrons. The van der Waals surface area contributed by atoms with Gasteiger partial charge >= 0.3 is 12.1 Å². The van der Waals surface area contributed by atoms with Gasteiger partial charge in [-0.1, -0.05) is 46.9 Å². The molecule has 3 unspecified atom stereocenters. The van der Waals surface area contributed by atoms with Gasteiger partial charge in [-0.3, -0.25) is 19.3 Å². The fourth-order valence-corrected chi connectivity index (χ4v) is 9.95. The Kier molecular flexibility index (Phi) is 10.1. The molecule has 1 aromatic heterocycles. The Balaban J connectivity index is 1.72. The van der Waals surface area contributed by atoms with Gasteiger partial charge in [0, 0.05) is 19.9 Å². The zero-order valence-corrected chi connectivity index (χ0v) is 27.4. The number of nitrogens with two attached hydrogens (primary N) is 1. The van der Waals surface area contributed by atoms with E-state index < -0.39 is 36.8 Å². The number of benzene rings is 1. The van der Waals surface area contributed by atoms with E-state index in [1.54, 1.807) is 42.7 Å². The van der Waals surface area contributed by atoms with Crippen molar-refractivity contribution in [3.8, 4) is 5.75 Å². The molecule has 2 N–H and O–H groups in total. The number of anilines is 1. The summed E-state index contributed by atoms with van der Waals surface area (Å²) in [4.78, 5) is 54.3. The third-order valence-corrected chi connectivity index (χ3v) is 11.4. The van der Waals surface area contributed by atoms with Crippen molar-refractivity contribution in [3.05, 3.63) is 47.3 Å². The number of amides is 3. The van der Waals surface area contributed by atoms with Crippen molar-refractivity contribution in [1.82, 2.24) is 4.90 Å². The topological polar surface area (TPSA) is 128 Å². The molecule has 1 aromatic carbocycles. The summed E-state index contributed by atoms with van der Waals surface area (Å²) < 4.78 is 14.2. The highest BCUT2D eigenvalue weighted by molar-refractivity contribution is 8.05. The number of hydrogen-bond donors (Lipinski definition) is 1. The number of thioether (sulfide) groups is 2. The maximum Gasteiger partial charge on any atom is 0.404 e. The highest BCUT2D eigenvalue weighted by Crippen LogP contribution is 2.60. The van der Waals surface area contributed by atoms with Crippen LogP contribution in [0.5, 0.6) is 5.75 Å². The fourth-order valence-electron chi connectivity index (χ4n) is 5.18. The molecule has 4 rings (SSSR count). The molecular formula is C26H28Cl3N3O7S3. The third kappa shape index (κ3) is 6.27. The number of thiophene rings is 1. The maximum atomic E-state index is 14.0. The van der Waals surface area contributed by atoms with Crippen LogP contribution in [-0.4, -0.2) is 74.6 Å². The second-order valence-corrected chi connectivity index (χ2v) is 15.4. The minimum Gasteiger partial charge on any atom is -0.497 e. The maximum absolute atomic E-state index is 14.0. The van der Waals surface area contributed by atoms with E-state index in [2.05, 4.69) is 0 Å². The number of nitrogens with zero attached hydrogens (tertiary/aromatic N) is 2. The SMILES string of the molecule is COc1ccc(COC(=O)C2(CC(Cl)(Cl)Cl)CN3C(=O)C(SC)(N(C(C)=O)c4cccs4)[C@H]3SC2COC(N)=O)cc1. The molecule has 4 atom stereocenters. The molecular weight excluding hydrogens is 669 g/mol. The summed E-state index contributed by atoms with van der Waals surface area (Å²) in [5.74, 6) is -0.832. The van der Waals surface area contributed by atoms with E-state index in [-0.39, 0.29) is 38.0 Å². The van der Waals surface area contributed by atoms with Crippen molar-refractivity contribution in [1.29, 1.82) is 0 Å².